The number of hydrogen-bond donors (Lipinski definition) is 2. The van der Waals surface area contributed by atoms with Gasteiger partial charge in [0.2, 0.25) is 5.95 Å². The Labute approximate surface area is 176 Å². The van der Waals surface area contributed by atoms with Crippen molar-refractivity contribution in [1.29, 1.82) is 5.26 Å². The lowest BCUT2D eigenvalue weighted by Gasteiger charge is -2.31. The molecule has 1 aliphatic heterocycles. The molecular weight excluding hydrogens is 434 g/mol. The molecule has 0 saturated heterocycles. The molecule has 4 rings (SSSR count). The van der Waals surface area contributed by atoms with Gasteiger partial charge in [0.15, 0.2) is 11.5 Å². The number of aromatic amines is 1. The van der Waals surface area contributed by atoms with Crippen molar-refractivity contribution < 1.29 is 27.0 Å². The van der Waals surface area contributed by atoms with Crippen LogP contribution in [0.3, 0.4) is 0 Å². The highest BCUT2D eigenvalue weighted by atomic mass is 19.3. The zero-order chi connectivity index (χ0) is 22.9. The maximum absolute atomic E-state index is 13.3. The summed E-state index contributed by atoms with van der Waals surface area (Å²) in [5.41, 5.74) is 2.44. The molecule has 162 valence electrons. The van der Waals surface area contributed by atoms with E-state index in [2.05, 4.69) is 30.0 Å². The van der Waals surface area contributed by atoms with Crippen molar-refractivity contribution in [3.05, 3.63) is 70.0 Å². The summed E-state index contributed by atoms with van der Waals surface area (Å²) in [6.45, 7) is 0. The Morgan fingerprint density at radius 1 is 1.06 bits per heavy atom. The van der Waals surface area contributed by atoms with Gasteiger partial charge in [-0.3, -0.25) is 9.78 Å². The third kappa shape index (κ3) is 3.83. The summed E-state index contributed by atoms with van der Waals surface area (Å²) in [6, 6.07) is 13.7. The molecule has 0 atom stereocenters. The van der Waals surface area contributed by atoms with Gasteiger partial charge in [-0.15, -0.1) is 0 Å². The Morgan fingerprint density at radius 2 is 1.75 bits per heavy atom. The normalized spacial score (nSPS) is 15.8. The monoisotopic (exact) mass is 445 g/mol. The number of ether oxygens (including phenoxy) is 2. The van der Waals surface area contributed by atoms with E-state index in [1.807, 2.05) is 0 Å². The number of nitrogens with one attached hydrogen (secondary N) is 2. The van der Waals surface area contributed by atoms with Crippen LogP contribution in [-0.2, 0) is 0 Å². The minimum atomic E-state index is -4.84. The van der Waals surface area contributed by atoms with E-state index in [0.717, 1.165) is 18.3 Å². The Bertz CT molecular complexity index is 1300. The number of nitrogens with zero attached hydrogens (tertiary/aromatic N) is 3. The lowest BCUT2D eigenvalue weighted by atomic mass is 10.1. The molecule has 0 radical (unpaired) electrons. The largest absolute Gasteiger partial charge is 0.507 e. The van der Waals surface area contributed by atoms with Crippen LogP contribution >= 0.6 is 0 Å². The molecule has 0 unspecified atom stereocenters. The van der Waals surface area contributed by atoms with Crippen molar-refractivity contribution in [2.24, 2.45) is 5.10 Å². The number of fused-ring (bicyclic) bond motifs is 1. The van der Waals surface area contributed by atoms with Crippen molar-refractivity contribution in [2.75, 3.05) is 5.43 Å². The molecule has 12 heteroatoms. The molecule has 2 N–H and O–H groups in total. The van der Waals surface area contributed by atoms with Crippen LogP contribution in [0.1, 0.15) is 11.1 Å². The van der Waals surface area contributed by atoms with Gasteiger partial charge < -0.3 is 9.47 Å². The topological polar surface area (TPSA) is 112 Å². The molecule has 3 aromatic rings. The first-order valence-corrected chi connectivity index (χ1v) is 8.87. The molecule has 0 saturated carbocycles. The average Bonchev–Trinajstić information content (AvgIpc) is 2.74. The first-order chi connectivity index (χ1) is 15.2. The fourth-order valence-electron chi connectivity index (χ4n) is 2.77. The molecule has 2 heterocycles. The third-order valence-corrected chi connectivity index (χ3v) is 4.25. The van der Waals surface area contributed by atoms with Crippen LogP contribution in [0.2, 0.25) is 0 Å². The van der Waals surface area contributed by atoms with E-state index in [9.17, 15) is 27.6 Å². The van der Waals surface area contributed by atoms with Gasteiger partial charge in [-0.05, 0) is 23.8 Å². The summed E-state index contributed by atoms with van der Waals surface area (Å²) < 4.78 is 61.2. The molecule has 1 aliphatic rings. The maximum Gasteiger partial charge on any atom is 0.507 e. The second kappa shape index (κ2) is 7.69. The number of rotatable bonds is 4. The number of anilines is 1. The first-order valence-electron chi connectivity index (χ1n) is 8.87. The fraction of sp³-hybridized carbons (Fsp3) is 0.100. The van der Waals surface area contributed by atoms with Crippen LogP contribution in [0.4, 0.5) is 23.5 Å². The molecule has 8 nitrogen and oxygen atoms in total. The zero-order valence-corrected chi connectivity index (χ0v) is 15.8. The summed E-state index contributed by atoms with van der Waals surface area (Å²) in [4.78, 5) is 18.7. The van der Waals surface area contributed by atoms with Gasteiger partial charge in [0.1, 0.15) is 11.6 Å². The fourth-order valence-corrected chi connectivity index (χ4v) is 2.77. The minimum absolute atomic E-state index is 0.0900. The Kier molecular flexibility index (Phi) is 5.01. The molecule has 0 amide bonds. The van der Waals surface area contributed by atoms with Crippen LogP contribution in [-0.4, -0.2) is 28.4 Å². The van der Waals surface area contributed by atoms with Gasteiger partial charge in [0.05, 0.1) is 11.9 Å². The summed E-state index contributed by atoms with van der Waals surface area (Å²) in [5, 5.41) is 13.1. The van der Waals surface area contributed by atoms with Crippen LogP contribution in [0.25, 0.3) is 11.3 Å². The van der Waals surface area contributed by atoms with E-state index in [1.54, 1.807) is 36.4 Å². The molecule has 0 fully saturated rings. The van der Waals surface area contributed by atoms with Crippen LogP contribution in [0.5, 0.6) is 11.5 Å². The molecule has 1 aromatic heterocycles. The summed E-state index contributed by atoms with van der Waals surface area (Å²) in [6.07, 6.45) is -8.50. The highest BCUT2D eigenvalue weighted by Gasteiger charge is 2.65. The second-order valence-corrected chi connectivity index (χ2v) is 6.43. The van der Waals surface area contributed by atoms with Crippen molar-refractivity contribution in [1.82, 2.24) is 9.97 Å². The number of halogens is 4. The molecule has 32 heavy (non-hydrogen) atoms. The highest BCUT2D eigenvalue weighted by Crippen LogP contribution is 2.46. The van der Waals surface area contributed by atoms with Crippen molar-refractivity contribution in [2.45, 2.75) is 12.2 Å². The predicted molar refractivity (Wildman–Crippen MR) is 104 cm³/mol. The number of benzene rings is 2. The second-order valence-electron chi connectivity index (χ2n) is 6.43. The van der Waals surface area contributed by atoms with Gasteiger partial charge in [0.25, 0.3) is 5.56 Å². The maximum atomic E-state index is 13.3. The Hall–Kier alpha value is -4.40. The summed E-state index contributed by atoms with van der Waals surface area (Å²) in [7, 11) is 0. The van der Waals surface area contributed by atoms with Crippen LogP contribution in [0, 0.1) is 11.3 Å². The molecule has 0 aliphatic carbocycles. The standard InChI is InChI=1S/C20H11F4N5O3/c21-19(22)20(23,24)32-15-8-11(6-7-14(15)31-19)10-26-29-18-27-16(12-4-2-1-3-5-12)13(9-25)17(30)28-18/h1-8,10H,(H2,27,28,29,30). The third-order valence-electron chi connectivity index (χ3n) is 4.25. The van der Waals surface area contributed by atoms with Gasteiger partial charge in [-0.1, -0.05) is 30.3 Å². The molecule has 0 spiro atoms. The van der Waals surface area contributed by atoms with Crippen molar-refractivity contribution in [3.63, 3.8) is 0 Å². The van der Waals surface area contributed by atoms with Crippen molar-refractivity contribution >= 4 is 12.2 Å². The molecule has 2 aromatic carbocycles. The van der Waals surface area contributed by atoms with Crippen LogP contribution in [0.15, 0.2) is 58.4 Å². The van der Waals surface area contributed by atoms with E-state index >= 15 is 0 Å². The van der Waals surface area contributed by atoms with E-state index < -0.39 is 29.3 Å². The Morgan fingerprint density at radius 3 is 2.44 bits per heavy atom. The van der Waals surface area contributed by atoms with Gasteiger partial charge in [-0.25, -0.2) is 10.4 Å². The summed E-state index contributed by atoms with van der Waals surface area (Å²) in [5.74, 6) is -1.24. The van der Waals surface area contributed by atoms with E-state index in [1.165, 1.54) is 6.07 Å². The predicted octanol–water partition coefficient (Wildman–Crippen LogP) is 3.71. The number of hydrogen-bond acceptors (Lipinski definition) is 7. The first kappa shape index (κ1) is 20.9. The highest BCUT2D eigenvalue weighted by molar-refractivity contribution is 5.81. The van der Waals surface area contributed by atoms with Gasteiger partial charge in [-0.2, -0.15) is 27.9 Å². The number of H-pyrrole nitrogens is 1. The Balaban J connectivity index is 1.57. The minimum Gasteiger partial charge on any atom is -0.421 e. The summed E-state index contributed by atoms with van der Waals surface area (Å²) >= 11 is 0. The zero-order valence-electron chi connectivity index (χ0n) is 15.8. The van der Waals surface area contributed by atoms with Crippen LogP contribution < -0.4 is 20.5 Å². The van der Waals surface area contributed by atoms with Gasteiger partial charge in [0, 0.05) is 5.56 Å². The quantitative estimate of drug-likeness (QED) is 0.360. The number of aromatic nitrogens is 2. The number of hydrazone groups is 1. The molecular formula is C20H11F4N5O3. The van der Waals surface area contributed by atoms with Gasteiger partial charge >= 0.3 is 12.2 Å². The smallest absolute Gasteiger partial charge is 0.421 e. The lowest BCUT2D eigenvalue weighted by molar-refractivity contribution is -0.391. The average molecular weight is 445 g/mol. The lowest BCUT2D eigenvalue weighted by Crippen LogP contribution is -2.52. The van der Waals surface area contributed by atoms with E-state index in [4.69, 9.17) is 0 Å². The van der Waals surface area contributed by atoms with E-state index in [0.29, 0.717) is 5.56 Å². The SMILES string of the molecule is N#Cc1c(-c2ccccc2)nc(NN=Cc2ccc3c(c2)OC(F)(F)C(F)(F)O3)[nH]c1=O. The van der Waals surface area contributed by atoms with Crippen molar-refractivity contribution in [3.8, 4) is 28.8 Å². The van der Waals surface area contributed by atoms with E-state index in [-0.39, 0.29) is 22.8 Å². The number of nitriles is 1. The molecule has 0 bridgehead atoms. The number of alkyl halides is 4.